The minimum absolute atomic E-state index is 0.154. The number of carbonyl (C=O) groups is 2. The topological polar surface area (TPSA) is 71.1 Å². The molecule has 1 heterocycles. The van der Waals surface area contributed by atoms with E-state index in [1.165, 1.54) is 48.9 Å². The summed E-state index contributed by atoms with van der Waals surface area (Å²) in [6.07, 6.45) is 1.07. The highest BCUT2D eigenvalue weighted by Gasteiger charge is 2.34. The van der Waals surface area contributed by atoms with Gasteiger partial charge in [0.2, 0.25) is 11.8 Å². The zero-order chi connectivity index (χ0) is 29.5. The van der Waals surface area contributed by atoms with Gasteiger partial charge in [0.15, 0.2) is 11.5 Å². The molecule has 42 heavy (non-hydrogen) atoms. The van der Waals surface area contributed by atoms with Crippen LogP contribution >= 0.6 is 0 Å². The Hall–Kier alpha value is -4.85. The zero-order valence-electron chi connectivity index (χ0n) is 23.8. The van der Waals surface area contributed by atoms with Crippen LogP contribution in [0.3, 0.4) is 0 Å². The summed E-state index contributed by atoms with van der Waals surface area (Å²) in [7, 11) is 3.05. The van der Waals surface area contributed by atoms with E-state index < -0.39 is 11.9 Å². The van der Waals surface area contributed by atoms with Crippen LogP contribution < -0.4 is 24.6 Å². The summed E-state index contributed by atoms with van der Waals surface area (Å²) in [5.74, 6) is -0.153. The van der Waals surface area contributed by atoms with E-state index in [1.807, 2.05) is 42.5 Å². The Morgan fingerprint density at radius 1 is 0.905 bits per heavy atom. The molecule has 1 atom stereocenters. The van der Waals surface area contributed by atoms with Gasteiger partial charge in [-0.1, -0.05) is 54.6 Å². The fourth-order valence-corrected chi connectivity index (χ4v) is 5.35. The molecule has 0 aliphatic carbocycles. The SMILES string of the molecule is COc1ccc([C@H](C(=O)NCc2ccccc2)N(C(=O)CCN2CCc3ccccc32)c2ccc(F)cc2)cc1OC. The van der Waals surface area contributed by atoms with Crippen molar-refractivity contribution >= 4 is 23.2 Å². The Morgan fingerprint density at radius 2 is 1.62 bits per heavy atom. The first-order valence-corrected chi connectivity index (χ1v) is 13.9. The van der Waals surface area contributed by atoms with E-state index in [9.17, 15) is 14.0 Å². The predicted octanol–water partition coefficient (Wildman–Crippen LogP) is 5.69. The molecule has 0 bridgehead atoms. The number of nitrogens with zero attached hydrogens (tertiary/aromatic N) is 2. The number of benzene rings is 4. The monoisotopic (exact) mass is 567 g/mol. The lowest BCUT2D eigenvalue weighted by atomic mass is 10.0. The first-order valence-electron chi connectivity index (χ1n) is 13.9. The number of para-hydroxylation sites is 1. The number of amides is 2. The molecule has 1 aliphatic heterocycles. The average Bonchev–Trinajstić information content (AvgIpc) is 3.45. The third-order valence-corrected chi connectivity index (χ3v) is 7.49. The van der Waals surface area contributed by atoms with E-state index >= 15 is 0 Å². The molecule has 216 valence electrons. The van der Waals surface area contributed by atoms with Crippen LogP contribution in [0.5, 0.6) is 11.5 Å². The summed E-state index contributed by atoms with van der Waals surface area (Å²) >= 11 is 0. The van der Waals surface area contributed by atoms with Crippen LogP contribution in [0.25, 0.3) is 0 Å². The van der Waals surface area contributed by atoms with E-state index in [1.54, 1.807) is 18.2 Å². The van der Waals surface area contributed by atoms with Crippen LogP contribution in [0, 0.1) is 5.82 Å². The second kappa shape index (κ2) is 13.2. The van der Waals surface area contributed by atoms with Crippen molar-refractivity contribution in [2.24, 2.45) is 0 Å². The number of rotatable bonds is 11. The highest BCUT2D eigenvalue weighted by Crippen LogP contribution is 2.35. The van der Waals surface area contributed by atoms with Gasteiger partial charge in [-0.15, -0.1) is 0 Å². The molecule has 2 amide bonds. The van der Waals surface area contributed by atoms with Gasteiger partial charge in [0.05, 0.1) is 14.2 Å². The number of fused-ring (bicyclic) bond motifs is 1. The van der Waals surface area contributed by atoms with Crippen molar-refractivity contribution in [2.75, 3.05) is 37.1 Å². The largest absolute Gasteiger partial charge is 0.493 e. The molecule has 4 aromatic rings. The van der Waals surface area contributed by atoms with Crippen LogP contribution in [0.1, 0.15) is 29.2 Å². The van der Waals surface area contributed by atoms with Crippen molar-refractivity contribution in [2.45, 2.75) is 25.4 Å². The van der Waals surface area contributed by atoms with Crippen molar-refractivity contribution in [3.05, 3.63) is 120 Å². The van der Waals surface area contributed by atoms with Crippen LogP contribution in [0.2, 0.25) is 0 Å². The predicted molar refractivity (Wildman–Crippen MR) is 161 cm³/mol. The Morgan fingerprint density at radius 3 is 2.36 bits per heavy atom. The van der Waals surface area contributed by atoms with Crippen molar-refractivity contribution in [3.8, 4) is 11.5 Å². The van der Waals surface area contributed by atoms with Gasteiger partial charge in [-0.2, -0.15) is 0 Å². The zero-order valence-corrected chi connectivity index (χ0v) is 23.8. The van der Waals surface area contributed by atoms with Crippen LogP contribution in [-0.2, 0) is 22.6 Å². The Kier molecular flexibility index (Phi) is 9.02. The number of nitrogens with one attached hydrogen (secondary N) is 1. The molecule has 4 aromatic carbocycles. The average molecular weight is 568 g/mol. The second-order valence-corrected chi connectivity index (χ2v) is 10.1. The van der Waals surface area contributed by atoms with Crippen molar-refractivity contribution in [1.82, 2.24) is 5.32 Å². The number of halogens is 1. The molecule has 1 aliphatic rings. The van der Waals surface area contributed by atoms with Crippen molar-refractivity contribution < 1.29 is 23.5 Å². The third kappa shape index (κ3) is 6.38. The lowest BCUT2D eigenvalue weighted by Gasteiger charge is -2.32. The summed E-state index contributed by atoms with van der Waals surface area (Å²) in [4.78, 5) is 31.8. The van der Waals surface area contributed by atoms with Gasteiger partial charge in [-0.25, -0.2) is 4.39 Å². The Balaban J connectivity index is 1.50. The first-order chi connectivity index (χ1) is 20.5. The van der Waals surface area contributed by atoms with Crippen LogP contribution in [0.4, 0.5) is 15.8 Å². The maximum absolute atomic E-state index is 14.1. The van der Waals surface area contributed by atoms with Crippen LogP contribution in [-0.4, -0.2) is 39.1 Å². The second-order valence-electron chi connectivity index (χ2n) is 10.1. The summed E-state index contributed by atoms with van der Waals surface area (Å²) in [5.41, 5.74) is 4.24. The highest BCUT2D eigenvalue weighted by atomic mass is 19.1. The smallest absolute Gasteiger partial charge is 0.248 e. The minimum Gasteiger partial charge on any atom is -0.493 e. The van der Waals surface area contributed by atoms with Gasteiger partial charge in [0.25, 0.3) is 0 Å². The van der Waals surface area contributed by atoms with Gasteiger partial charge < -0.3 is 19.7 Å². The van der Waals surface area contributed by atoms with E-state index in [0.717, 1.165) is 24.2 Å². The fourth-order valence-electron chi connectivity index (χ4n) is 5.35. The molecule has 0 unspecified atom stereocenters. The normalized spacial score (nSPS) is 12.8. The van der Waals surface area contributed by atoms with Gasteiger partial charge in [-0.05, 0) is 65.6 Å². The number of anilines is 2. The number of hydrogen-bond donors (Lipinski definition) is 1. The molecule has 0 radical (unpaired) electrons. The lowest BCUT2D eigenvalue weighted by molar-refractivity contribution is -0.126. The molecule has 0 saturated carbocycles. The molecule has 0 aromatic heterocycles. The number of methoxy groups -OCH3 is 2. The molecule has 8 heteroatoms. The molecule has 0 saturated heterocycles. The standard InChI is InChI=1S/C34H34FN3O4/c1-41-30-17-12-26(22-31(30)42-2)33(34(40)36-23-24-8-4-3-5-9-24)38(28-15-13-27(35)14-16-28)32(39)19-21-37-20-18-25-10-6-7-11-29(25)37/h3-17,22,33H,18-21,23H2,1-2H3,(H,36,40)/t33-/m1/s1. The molecule has 7 nitrogen and oxygen atoms in total. The maximum atomic E-state index is 14.1. The van der Waals surface area contributed by atoms with Gasteiger partial charge in [0.1, 0.15) is 11.9 Å². The highest BCUT2D eigenvalue weighted by molar-refractivity contribution is 6.01. The van der Waals surface area contributed by atoms with Gasteiger partial charge >= 0.3 is 0 Å². The quantitative estimate of drug-likeness (QED) is 0.252. The third-order valence-electron chi connectivity index (χ3n) is 7.49. The van der Waals surface area contributed by atoms with E-state index in [-0.39, 0.29) is 24.8 Å². The van der Waals surface area contributed by atoms with Crippen molar-refractivity contribution in [1.29, 1.82) is 0 Å². The molecule has 0 fully saturated rings. The first kappa shape index (κ1) is 28.7. The number of carbonyl (C=O) groups excluding carboxylic acids is 2. The molecular formula is C34H34FN3O4. The van der Waals surface area contributed by atoms with Crippen LogP contribution in [0.15, 0.2) is 97.1 Å². The molecular weight excluding hydrogens is 533 g/mol. The van der Waals surface area contributed by atoms with E-state index in [2.05, 4.69) is 22.3 Å². The Bertz CT molecular complexity index is 1530. The molecule has 1 N–H and O–H groups in total. The van der Waals surface area contributed by atoms with E-state index in [0.29, 0.717) is 29.3 Å². The maximum Gasteiger partial charge on any atom is 0.248 e. The summed E-state index contributed by atoms with van der Waals surface area (Å²) in [6, 6.07) is 27.5. The Labute approximate surface area is 245 Å². The van der Waals surface area contributed by atoms with Crippen molar-refractivity contribution in [3.63, 3.8) is 0 Å². The fraction of sp³-hybridized carbons (Fsp3) is 0.235. The summed E-state index contributed by atoms with van der Waals surface area (Å²) in [6.45, 7) is 1.58. The molecule has 0 spiro atoms. The minimum atomic E-state index is -1.06. The number of ether oxygens (including phenoxy) is 2. The lowest BCUT2D eigenvalue weighted by Crippen LogP contribution is -2.44. The molecule has 5 rings (SSSR count). The number of hydrogen-bond acceptors (Lipinski definition) is 5. The summed E-state index contributed by atoms with van der Waals surface area (Å²) in [5, 5.41) is 3.00. The summed E-state index contributed by atoms with van der Waals surface area (Å²) < 4.78 is 24.9. The van der Waals surface area contributed by atoms with E-state index in [4.69, 9.17) is 9.47 Å². The van der Waals surface area contributed by atoms with Gasteiger partial charge in [-0.3, -0.25) is 14.5 Å². The van der Waals surface area contributed by atoms with Gasteiger partial charge in [0, 0.05) is 37.4 Å².